The van der Waals surface area contributed by atoms with E-state index in [2.05, 4.69) is 20.3 Å². The largest absolute Gasteiger partial charge is 0.310 e. The molecule has 144 valence electrons. The van der Waals surface area contributed by atoms with Crippen LogP contribution in [0.15, 0.2) is 42.9 Å². The highest BCUT2D eigenvalue weighted by atomic mass is 16.2. The van der Waals surface area contributed by atoms with Gasteiger partial charge < -0.3 is 15.1 Å². The second kappa shape index (κ2) is 7.65. The Morgan fingerprint density at radius 1 is 1.03 bits per heavy atom. The van der Waals surface area contributed by atoms with Gasteiger partial charge in [0.15, 0.2) is 0 Å². The van der Waals surface area contributed by atoms with Crippen molar-refractivity contribution in [1.82, 2.24) is 24.6 Å². The van der Waals surface area contributed by atoms with Crippen molar-refractivity contribution in [3.63, 3.8) is 0 Å². The fraction of sp³-hybridized carbons (Fsp3) is 0.350. The van der Waals surface area contributed by atoms with Crippen LogP contribution in [-0.4, -0.2) is 84.7 Å². The second-order valence-electron chi connectivity index (χ2n) is 7.60. The topological polar surface area (TPSA) is 66.3 Å². The Bertz CT molecular complexity index is 1040. The van der Waals surface area contributed by atoms with Crippen molar-refractivity contribution in [1.29, 1.82) is 0 Å². The molecular weight excluding hydrogens is 362 g/mol. The summed E-state index contributed by atoms with van der Waals surface area (Å²) in [5.74, 6) is -0.0578. The second-order valence-corrected chi connectivity index (χ2v) is 7.60. The minimum atomic E-state index is -1.59. The molecule has 4 rings (SSSR count). The number of likely N-dealkylation sites (N-methyl/N-ethyl adjacent to an activating group) is 1. The van der Waals surface area contributed by atoms with E-state index >= 15 is 0 Å². The van der Waals surface area contributed by atoms with Crippen LogP contribution in [0.5, 0.6) is 0 Å². The number of amides is 1. The molecule has 0 unspecified atom stereocenters. The molecule has 29 heavy (non-hydrogen) atoms. The number of nitrogens with one attached hydrogen (secondary N) is 1. The first-order chi connectivity index (χ1) is 13.8. The zero-order valence-corrected chi connectivity index (χ0v) is 16.7. The van der Waals surface area contributed by atoms with Crippen LogP contribution in [0.2, 0.25) is 0 Å². The van der Waals surface area contributed by atoms with Gasteiger partial charge in [-0.3, -0.25) is 9.48 Å². The quantitative estimate of drug-likeness (QED) is 0.675. The number of carbonyl (C=O) groups excluding carboxylic acids is 1. The molecule has 0 aliphatic carbocycles. The molecule has 1 N–H and O–H groups in total. The average molecular weight is 384 g/mol. The van der Waals surface area contributed by atoms with E-state index in [1.165, 1.54) is 0 Å². The van der Waals surface area contributed by atoms with Gasteiger partial charge in [-0.05, 0) is 30.1 Å². The molecule has 3 aromatic rings. The van der Waals surface area contributed by atoms with Crippen molar-refractivity contribution in [2.75, 3.05) is 38.5 Å². The highest BCUT2D eigenvalue weighted by Crippen LogP contribution is 2.25. The van der Waals surface area contributed by atoms with E-state index in [-0.39, 0.29) is 0 Å². The Hall–Kier alpha value is -2.64. The van der Waals surface area contributed by atoms with Gasteiger partial charge in [0, 0.05) is 61.9 Å². The van der Waals surface area contributed by atoms with E-state index in [9.17, 15) is 4.79 Å². The van der Waals surface area contributed by atoms with Crippen LogP contribution in [0, 0.1) is 0 Å². The van der Waals surface area contributed by atoms with Crippen LogP contribution in [0.1, 0.15) is 0 Å². The van der Waals surface area contributed by atoms with Gasteiger partial charge in [-0.25, -0.2) is 4.98 Å². The van der Waals surface area contributed by atoms with E-state index in [0.717, 1.165) is 35.0 Å². The van der Waals surface area contributed by atoms with Crippen LogP contribution >= 0.6 is 0 Å². The molecule has 1 aliphatic heterocycles. The molecular formula is C20H22B2N6O. The molecule has 4 radical (unpaired) electrons. The standard InChI is InChI=1S/C20H22B2N6O/c1-26-5-7-28(8-6-26)20(21,22)19(29)25-18-10-16-9-14(3-4-15(16)11-23-18)17-12-24-27(2)13-17/h3-4,9-13H,5-8H2,1-2H3,(H,23,25,29). The lowest BCUT2D eigenvalue weighted by Gasteiger charge is -2.43. The number of benzene rings is 1. The maximum absolute atomic E-state index is 12.8. The Morgan fingerprint density at radius 2 is 1.79 bits per heavy atom. The normalized spacial score (nSPS) is 16.2. The SMILES string of the molecule is [B]C([B])(C(=O)Nc1cc2cc(-c3cnn(C)c3)ccc2cn1)N1CCN(C)CC1. The molecule has 3 heterocycles. The zero-order valence-electron chi connectivity index (χ0n) is 16.7. The zero-order chi connectivity index (χ0) is 20.6. The molecule has 1 aliphatic rings. The minimum Gasteiger partial charge on any atom is -0.310 e. The monoisotopic (exact) mass is 384 g/mol. The summed E-state index contributed by atoms with van der Waals surface area (Å²) in [7, 11) is 16.3. The molecule has 7 nitrogen and oxygen atoms in total. The molecule has 9 heteroatoms. The Morgan fingerprint density at radius 3 is 2.48 bits per heavy atom. The van der Waals surface area contributed by atoms with Gasteiger partial charge in [0.25, 0.3) is 0 Å². The van der Waals surface area contributed by atoms with Crippen molar-refractivity contribution in [3.05, 3.63) is 42.9 Å². The van der Waals surface area contributed by atoms with E-state index < -0.39 is 11.2 Å². The summed E-state index contributed by atoms with van der Waals surface area (Å²) < 4.78 is 1.76. The lowest BCUT2D eigenvalue weighted by atomic mass is 9.59. The van der Waals surface area contributed by atoms with Crippen LogP contribution in [0.3, 0.4) is 0 Å². The lowest BCUT2D eigenvalue weighted by Crippen LogP contribution is -2.62. The van der Waals surface area contributed by atoms with Crippen LogP contribution in [0.4, 0.5) is 5.82 Å². The van der Waals surface area contributed by atoms with Crippen molar-refractivity contribution in [2.45, 2.75) is 5.34 Å². The Labute approximate surface area is 172 Å². The molecule has 0 atom stereocenters. The van der Waals surface area contributed by atoms with E-state index in [4.69, 9.17) is 15.7 Å². The van der Waals surface area contributed by atoms with Gasteiger partial charge in [0.1, 0.15) is 5.82 Å². The van der Waals surface area contributed by atoms with Crippen molar-refractivity contribution < 1.29 is 4.79 Å². The van der Waals surface area contributed by atoms with Crippen molar-refractivity contribution >= 4 is 38.2 Å². The first-order valence-electron chi connectivity index (χ1n) is 9.54. The number of aryl methyl sites for hydroxylation is 1. The summed E-state index contributed by atoms with van der Waals surface area (Å²) in [6.45, 7) is 2.90. The number of fused-ring (bicyclic) bond motifs is 1. The predicted molar refractivity (Wildman–Crippen MR) is 116 cm³/mol. The molecule has 0 bridgehead atoms. The number of hydrogen-bond acceptors (Lipinski definition) is 5. The van der Waals surface area contributed by atoms with E-state index in [0.29, 0.717) is 18.9 Å². The first-order valence-corrected chi connectivity index (χ1v) is 9.54. The number of rotatable bonds is 4. The molecule has 1 aromatic carbocycles. The molecule has 0 saturated carbocycles. The van der Waals surface area contributed by atoms with E-state index in [1.54, 1.807) is 15.8 Å². The van der Waals surface area contributed by atoms with Gasteiger partial charge in [0.05, 0.1) is 21.9 Å². The van der Waals surface area contributed by atoms with Gasteiger partial charge >= 0.3 is 0 Å². The lowest BCUT2D eigenvalue weighted by molar-refractivity contribution is -0.120. The fourth-order valence-electron chi connectivity index (χ4n) is 3.50. The van der Waals surface area contributed by atoms with E-state index in [1.807, 2.05) is 50.8 Å². The van der Waals surface area contributed by atoms with Gasteiger partial charge in [-0.1, -0.05) is 12.1 Å². The number of carbonyl (C=O) groups is 1. The van der Waals surface area contributed by atoms with Crippen LogP contribution in [-0.2, 0) is 11.8 Å². The summed E-state index contributed by atoms with van der Waals surface area (Å²) in [5.41, 5.74) is 2.06. The molecule has 1 amide bonds. The van der Waals surface area contributed by atoms with Crippen molar-refractivity contribution in [3.8, 4) is 11.1 Å². The highest BCUT2D eigenvalue weighted by Gasteiger charge is 2.34. The third-order valence-corrected chi connectivity index (χ3v) is 5.39. The van der Waals surface area contributed by atoms with Crippen molar-refractivity contribution in [2.24, 2.45) is 7.05 Å². The summed E-state index contributed by atoms with van der Waals surface area (Å²) in [6.07, 6.45) is 5.50. The Balaban J connectivity index is 1.55. The third kappa shape index (κ3) is 4.06. The maximum atomic E-state index is 12.8. The summed E-state index contributed by atoms with van der Waals surface area (Å²) in [4.78, 5) is 21.1. The summed E-state index contributed by atoms with van der Waals surface area (Å²) in [5, 5.41) is 7.33. The smallest absolute Gasteiger partial charge is 0.227 e. The van der Waals surface area contributed by atoms with Gasteiger partial charge in [-0.2, -0.15) is 5.10 Å². The molecule has 0 spiro atoms. The number of aromatic nitrogens is 3. The first kappa shape index (κ1) is 19.7. The number of pyridine rings is 1. The molecule has 1 fully saturated rings. The number of anilines is 1. The summed E-state index contributed by atoms with van der Waals surface area (Å²) in [6, 6.07) is 7.89. The fourth-order valence-corrected chi connectivity index (χ4v) is 3.50. The number of nitrogens with zero attached hydrogens (tertiary/aromatic N) is 5. The molecule has 1 saturated heterocycles. The summed E-state index contributed by atoms with van der Waals surface area (Å²) >= 11 is 0. The van der Waals surface area contributed by atoms with Gasteiger partial charge in [0.2, 0.25) is 5.91 Å². The number of piperazine rings is 1. The minimum absolute atomic E-state index is 0.417. The molecule has 2 aromatic heterocycles. The van der Waals surface area contributed by atoms with Gasteiger partial charge in [-0.15, -0.1) is 0 Å². The number of hydrogen-bond donors (Lipinski definition) is 1. The predicted octanol–water partition coefficient (Wildman–Crippen LogP) is 0.812. The van der Waals surface area contributed by atoms with Crippen LogP contribution in [0.25, 0.3) is 21.9 Å². The average Bonchev–Trinajstić information content (AvgIpc) is 3.14. The highest BCUT2D eigenvalue weighted by molar-refractivity contribution is 6.52. The maximum Gasteiger partial charge on any atom is 0.227 e. The Kier molecular flexibility index (Phi) is 5.19. The van der Waals surface area contributed by atoms with Crippen LogP contribution < -0.4 is 5.32 Å². The third-order valence-electron chi connectivity index (χ3n) is 5.39.